The molecule has 0 aliphatic rings. The fourth-order valence-electron chi connectivity index (χ4n) is 3.07. The summed E-state index contributed by atoms with van der Waals surface area (Å²) in [6, 6.07) is 14.0. The van der Waals surface area contributed by atoms with Crippen molar-refractivity contribution in [3.63, 3.8) is 0 Å². The van der Waals surface area contributed by atoms with Crippen LogP contribution in [0.3, 0.4) is 0 Å². The van der Waals surface area contributed by atoms with Crippen molar-refractivity contribution in [3.05, 3.63) is 66.2 Å². The van der Waals surface area contributed by atoms with Crippen LogP contribution >= 0.6 is 0 Å². The molecule has 0 saturated heterocycles. The summed E-state index contributed by atoms with van der Waals surface area (Å²) in [7, 11) is 0. The molecule has 6 nitrogen and oxygen atoms in total. The van der Waals surface area contributed by atoms with Gasteiger partial charge < -0.3 is 14.8 Å². The Morgan fingerprint density at radius 2 is 1.84 bits per heavy atom. The van der Waals surface area contributed by atoms with Crippen molar-refractivity contribution in [2.24, 2.45) is 5.41 Å². The predicted molar refractivity (Wildman–Crippen MR) is 124 cm³/mol. The standard InChI is InChI=1S/C25H32N4O2/c1-18(21-8-6-7-9-23(21)31-17-30-15-25(3,4)5)13-27-24-12-22(28-16-29-24)20-11-10-19(2)26-14-20/h6-12,14,16,18H,13,15,17H2,1-5H3,(H,27,28,29). The Morgan fingerprint density at radius 3 is 2.58 bits per heavy atom. The molecule has 1 aromatic carbocycles. The van der Waals surface area contributed by atoms with Gasteiger partial charge in [0.25, 0.3) is 0 Å². The molecule has 6 heteroatoms. The first-order chi connectivity index (χ1) is 14.8. The first-order valence-electron chi connectivity index (χ1n) is 10.6. The van der Waals surface area contributed by atoms with Crippen molar-refractivity contribution in [1.82, 2.24) is 15.0 Å². The highest BCUT2D eigenvalue weighted by Crippen LogP contribution is 2.27. The minimum atomic E-state index is 0.116. The number of hydrogen-bond acceptors (Lipinski definition) is 6. The Bertz CT molecular complexity index is 968. The molecule has 2 aromatic heterocycles. The molecule has 0 radical (unpaired) electrons. The number of hydrogen-bond donors (Lipinski definition) is 1. The van der Waals surface area contributed by atoms with Gasteiger partial charge >= 0.3 is 0 Å². The topological polar surface area (TPSA) is 69.2 Å². The van der Waals surface area contributed by atoms with E-state index in [1.165, 1.54) is 0 Å². The summed E-state index contributed by atoms with van der Waals surface area (Å²) >= 11 is 0. The summed E-state index contributed by atoms with van der Waals surface area (Å²) in [4.78, 5) is 13.1. The van der Waals surface area contributed by atoms with Crippen molar-refractivity contribution < 1.29 is 9.47 Å². The molecular weight excluding hydrogens is 388 g/mol. The fourth-order valence-corrected chi connectivity index (χ4v) is 3.07. The summed E-state index contributed by atoms with van der Waals surface area (Å²) < 4.78 is 11.6. The molecule has 0 saturated carbocycles. The van der Waals surface area contributed by atoms with Crippen molar-refractivity contribution in [2.45, 2.75) is 40.5 Å². The van der Waals surface area contributed by atoms with Gasteiger partial charge in [0, 0.05) is 36.0 Å². The Hall–Kier alpha value is -2.99. The van der Waals surface area contributed by atoms with Gasteiger partial charge in [0.05, 0.1) is 12.3 Å². The van der Waals surface area contributed by atoms with E-state index in [0.29, 0.717) is 13.2 Å². The maximum atomic E-state index is 5.91. The highest BCUT2D eigenvalue weighted by atomic mass is 16.7. The van der Waals surface area contributed by atoms with E-state index in [9.17, 15) is 0 Å². The number of para-hydroxylation sites is 1. The molecule has 0 aliphatic heterocycles. The molecule has 0 spiro atoms. The zero-order valence-electron chi connectivity index (χ0n) is 19.1. The highest BCUT2D eigenvalue weighted by molar-refractivity contribution is 5.61. The van der Waals surface area contributed by atoms with Crippen LogP contribution in [0.1, 0.15) is 44.9 Å². The lowest BCUT2D eigenvalue weighted by atomic mass is 9.99. The maximum Gasteiger partial charge on any atom is 0.189 e. The molecule has 0 fully saturated rings. The Morgan fingerprint density at radius 1 is 1.03 bits per heavy atom. The van der Waals surface area contributed by atoms with Gasteiger partial charge in [-0.2, -0.15) is 0 Å². The summed E-state index contributed by atoms with van der Waals surface area (Å²) in [6.45, 7) is 12.2. The van der Waals surface area contributed by atoms with Crippen molar-refractivity contribution in [1.29, 1.82) is 0 Å². The Labute approximate surface area is 185 Å². The van der Waals surface area contributed by atoms with Crippen molar-refractivity contribution in [3.8, 4) is 17.0 Å². The van der Waals surface area contributed by atoms with Crippen LogP contribution < -0.4 is 10.1 Å². The molecule has 3 aromatic rings. The van der Waals surface area contributed by atoms with E-state index in [1.807, 2.05) is 49.5 Å². The first kappa shape index (κ1) is 22.7. The van der Waals surface area contributed by atoms with Crippen LogP contribution in [-0.2, 0) is 4.74 Å². The highest BCUT2D eigenvalue weighted by Gasteiger charge is 2.14. The molecule has 1 unspecified atom stereocenters. The van der Waals surface area contributed by atoms with Gasteiger partial charge in [0.2, 0.25) is 0 Å². The van der Waals surface area contributed by atoms with E-state index in [2.05, 4.69) is 54.0 Å². The van der Waals surface area contributed by atoms with E-state index in [-0.39, 0.29) is 18.1 Å². The zero-order chi connectivity index (χ0) is 22.3. The summed E-state index contributed by atoms with van der Waals surface area (Å²) in [5, 5.41) is 3.42. The van der Waals surface area contributed by atoms with Crippen molar-refractivity contribution in [2.75, 3.05) is 25.3 Å². The summed E-state index contributed by atoms with van der Waals surface area (Å²) in [5.41, 5.74) is 4.04. The molecular formula is C25H32N4O2. The third-order valence-corrected chi connectivity index (χ3v) is 4.75. The van der Waals surface area contributed by atoms with E-state index >= 15 is 0 Å². The van der Waals surface area contributed by atoms with E-state index in [0.717, 1.165) is 34.1 Å². The molecule has 31 heavy (non-hydrogen) atoms. The molecule has 1 atom stereocenters. The number of rotatable bonds is 9. The van der Waals surface area contributed by atoms with Crippen LogP contribution in [0.25, 0.3) is 11.3 Å². The molecule has 0 aliphatic carbocycles. The third-order valence-electron chi connectivity index (χ3n) is 4.75. The average Bonchev–Trinajstić information content (AvgIpc) is 2.75. The van der Waals surface area contributed by atoms with Crippen LogP contribution in [-0.4, -0.2) is 34.9 Å². The minimum absolute atomic E-state index is 0.116. The number of aryl methyl sites for hydroxylation is 1. The third kappa shape index (κ3) is 7.03. The van der Waals surface area contributed by atoms with Crippen LogP contribution in [0, 0.1) is 12.3 Å². The largest absolute Gasteiger partial charge is 0.467 e. The normalized spacial score (nSPS) is 12.4. The lowest BCUT2D eigenvalue weighted by Gasteiger charge is -2.20. The van der Waals surface area contributed by atoms with Crippen LogP contribution in [0.5, 0.6) is 5.75 Å². The lowest BCUT2D eigenvalue weighted by Crippen LogP contribution is -2.17. The molecule has 0 amide bonds. The van der Waals surface area contributed by atoms with E-state index in [4.69, 9.17) is 9.47 Å². The van der Waals surface area contributed by atoms with Gasteiger partial charge in [0.1, 0.15) is 17.9 Å². The number of anilines is 1. The molecule has 0 bridgehead atoms. The Kier molecular flexibility index (Phi) is 7.58. The number of nitrogens with zero attached hydrogens (tertiary/aromatic N) is 3. The van der Waals surface area contributed by atoms with Gasteiger partial charge in [-0.3, -0.25) is 4.98 Å². The zero-order valence-corrected chi connectivity index (χ0v) is 19.1. The van der Waals surface area contributed by atoms with Crippen LogP contribution in [0.4, 0.5) is 5.82 Å². The average molecular weight is 421 g/mol. The van der Waals surface area contributed by atoms with Gasteiger partial charge in [-0.15, -0.1) is 0 Å². The number of benzene rings is 1. The lowest BCUT2D eigenvalue weighted by molar-refractivity contribution is -0.0180. The smallest absolute Gasteiger partial charge is 0.189 e. The van der Waals surface area contributed by atoms with Gasteiger partial charge in [0.15, 0.2) is 6.79 Å². The minimum Gasteiger partial charge on any atom is -0.467 e. The van der Waals surface area contributed by atoms with E-state index in [1.54, 1.807) is 6.33 Å². The van der Waals surface area contributed by atoms with Gasteiger partial charge in [-0.05, 0) is 36.1 Å². The summed E-state index contributed by atoms with van der Waals surface area (Å²) in [5.74, 6) is 1.85. The Balaban J connectivity index is 1.60. The number of aromatic nitrogens is 3. The number of pyridine rings is 1. The van der Waals surface area contributed by atoms with E-state index < -0.39 is 0 Å². The second-order valence-corrected chi connectivity index (χ2v) is 8.97. The van der Waals surface area contributed by atoms with Crippen molar-refractivity contribution >= 4 is 5.82 Å². The monoisotopic (exact) mass is 420 g/mol. The second kappa shape index (κ2) is 10.4. The van der Waals surface area contributed by atoms with Crippen LogP contribution in [0.15, 0.2) is 55.0 Å². The number of nitrogens with one attached hydrogen (secondary N) is 1. The maximum absolute atomic E-state index is 5.91. The molecule has 1 N–H and O–H groups in total. The van der Waals surface area contributed by atoms with Gasteiger partial charge in [-0.25, -0.2) is 9.97 Å². The van der Waals surface area contributed by atoms with Gasteiger partial charge in [-0.1, -0.05) is 45.9 Å². The second-order valence-electron chi connectivity index (χ2n) is 8.97. The molecule has 3 rings (SSSR count). The first-order valence-corrected chi connectivity index (χ1v) is 10.6. The SMILES string of the molecule is Cc1ccc(-c2cc(NCC(C)c3ccccc3OCOCC(C)(C)C)ncn2)cn1. The predicted octanol–water partition coefficient (Wildman–Crippen LogP) is 5.46. The summed E-state index contributed by atoms with van der Waals surface area (Å²) in [6.07, 6.45) is 3.41. The van der Waals surface area contributed by atoms with Crippen LogP contribution in [0.2, 0.25) is 0 Å². The number of ether oxygens (including phenoxy) is 2. The molecule has 164 valence electrons. The quantitative estimate of drug-likeness (QED) is 0.366. The molecule has 2 heterocycles. The fraction of sp³-hybridized carbons (Fsp3) is 0.400.